The summed E-state index contributed by atoms with van der Waals surface area (Å²) in [5.74, 6) is 0.347. The number of nitrogens with zero attached hydrogens (tertiary/aromatic N) is 2. The molecule has 8 nitrogen and oxygen atoms in total. The molecule has 132 valence electrons. The second kappa shape index (κ2) is 7.62. The predicted molar refractivity (Wildman–Crippen MR) is 104 cm³/mol. The summed E-state index contributed by atoms with van der Waals surface area (Å²) in [5.41, 5.74) is 6.82. The smallest absolute Gasteiger partial charge is 0.271 e. The summed E-state index contributed by atoms with van der Waals surface area (Å²) in [6.45, 7) is 0. The Morgan fingerprint density at radius 2 is 2.00 bits per heavy atom. The standard InChI is InChI=1S/C17H16N6O2S/c1-19-14(18)13-16(25)23-26-17(13)22-12-8-7-10(9-20-12)15(24)21-11-5-3-2-4-6-11/h2-9H,1H3,(H2,18,19)(H,20,22)(H,21,24)(H,23,25). The largest absolute Gasteiger partial charge is 0.383 e. The first-order valence-electron chi connectivity index (χ1n) is 7.62. The van der Waals surface area contributed by atoms with E-state index in [0.29, 0.717) is 22.1 Å². The molecule has 3 aromatic rings. The van der Waals surface area contributed by atoms with Gasteiger partial charge < -0.3 is 16.4 Å². The van der Waals surface area contributed by atoms with E-state index in [0.717, 1.165) is 11.5 Å². The minimum atomic E-state index is -0.320. The van der Waals surface area contributed by atoms with Crippen molar-refractivity contribution in [2.75, 3.05) is 17.7 Å². The number of benzene rings is 1. The van der Waals surface area contributed by atoms with Gasteiger partial charge in [0.15, 0.2) is 0 Å². The molecule has 0 atom stereocenters. The number of carbonyl (C=O) groups is 1. The van der Waals surface area contributed by atoms with Crippen LogP contribution in [0.4, 0.5) is 16.5 Å². The Hall–Kier alpha value is -3.46. The molecule has 0 saturated carbocycles. The molecule has 0 saturated heterocycles. The lowest BCUT2D eigenvalue weighted by molar-refractivity contribution is 0.102. The normalized spacial score (nSPS) is 11.2. The quantitative estimate of drug-likeness (QED) is 0.406. The number of hydrogen-bond acceptors (Lipinski definition) is 6. The first-order valence-corrected chi connectivity index (χ1v) is 8.43. The van der Waals surface area contributed by atoms with Gasteiger partial charge >= 0.3 is 0 Å². The molecular formula is C17H16N6O2S. The Bertz CT molecular complexity index is 992. The Morgan fingerprint density at radius 3 is 2.65 bits per heavy atom. The third-order valence-corrected chi connectivity index (χ3v) is 4.29. The van der Waals surface area contributed by atoms with E-state index in [1.807, 2.05) is 18.2 Å². The van der Waals surface area contributed by atoms with Crippen molar-refractivity contribution in [1.29, 1.82) is 0 Å². The van der Waals surface area contributed by atoms with Crippen LogP contribution in [0.2, 0.25) is 0 Å². The van der Waals surface area contributed by atoms with Crippen LogP contribution in [0.5, 0.6) is 0 Å². The highest BCUT2D eigenvalue weighted by Crippen LogP contribution is 2.21. The molecule has 0 aliphatic carbocycles. The molecule has 0 bridgehead atoms. The topological polar surface area (TPSA) is 125 Å². The van der Waals surface area contributed by atoms with Crippen LogP contribution in [0.15, 0.2) is 58.4 Å². The van der Waals surface area contributed by atoms with E-state index >= 15 is 0 Å². The molecule has 0 aliphatic heterocycles. The molecule has 2 aromatic heterocycles. The van der Waals surface area contributed by atoms with Gasteiger partial charge in [-0.1, -0.05) is 18.2 Å². The van der Waals surface area contributed by atoms with Crippen LogP contribution in [-0.4, -0.2) is 28.1 Å². The van der Waals surface area contributed by atoms with Gasteiger partial charge in [-0.15, -0.1) is 0 Å². The average Bonchev–Trinajstić information content (AvgIpc) is 3.02. The fourth-order valence-electron chi connectivity index (χ4n) is 2.18. The third kappa shape index (κ3) is 3.78. The van der Waals surface area contributed by atoms with Gasteiger partial charge in [0.1, 0.15) is 22.2 Å². The molecule has 3 rings (SSSR count). The van der Waals surface area contributed by atoms with Gasteiger partial charge in [0.2, 0.25) is 0 Å². The zero-order valence-electron chi connectivity index (χ0n) is 13.8. The number of aromatic nitrogens is 2. The van der Waals surface area contributed by atoms with Crippen molar-refractivity contribution >= 4 is 39.8 Å². The molecule has 2 heterocycles. The van der Waals surface area contributed by atoms with Crippen molar-refractivity contribution in [3.05, 3.63) is 70.1 Å². The molecule has 5 N–H and O–H groups in total. The van der Waals surface area contributed by atoms with Gasteiger partial charge in [-0.25, -0.2) is 4.98 Å². The van der Waals surface area contributed by atoms with E-state index in [9.17, 15) is 9.59 Å². The van der Waals surface area contributed by atoms with Crippen molar-refractivity contribution in [1.82, 2.24) is 9.36 Å². The predicted octanol–water partition coefficient (Wildman–Crippen LogP) is 2.16. The minimum Gasteiger partial charge on any atom is -0.383 e. The number of rotatable bonds is 5. The number of H-pyrrole nitrogens is 1. The number of anilines is 3. The fraction of sp³-hybridized carbons (Fsp3) is 0.0588. The third-order valence-electron chi connectivity index (χ3n) is 3.50. The van der Waals surface area contributed by atoms with Crippen LogP contribution in [-0.2, 0) is 0 Å². The molecule has 0 radical (unpaired) electrons. The van der Waals surface area contributed by atoms with Gasteiger partial charge in [0, 0.05) is 18.9 Å². The lowest BCUT2D eigenvalue weighted by atomic mass is 10.2. The Morgan fingerprint density at radius 1 is 1.23 bits per heavy atom. The highest BCUT2D eigenvalue weighted by Gasteiger charge is 2.15. The highest BCUT2D eigenvalue weighted by atomic mass is 32.1. The summed E-state index contributed by atoms with van der Waals surface area (Å²) >= 11 is 1.10. The van der Waals surface area contributed by atoms with E-state index in [-0.39, 0.29) is 22.9 Å². The fourth-order valence-corrected chi connectivity index (χ4v) is 2.93. The van der Waals surface area contributed by atoms with Crippen molar-refractivity contribution in [3.8, 4) is 0 Å². The van der Waals surface area contributed by atoms with Crippen LogP contribution < -0.4 is 21.9 Å². The maximum absolute atomic E-state index is 12.2. The van der Waals surface area contributed by atoms with Crippen LogP contribution in [0, 0.1) is 0 Å². The van der Waals surface area contributed by atoms with Crippen LogP contribution >= 0.6 is 11.5 Å². The van der Waals surface area contributed by atoms with E-state index < -0.39 is 0 Å². The molecule has 9 heteroatoms. The number of aromatic amines is 1. The van der Waals surface area contributed by atoms with E-state index in [1.165, 1.54) is 13.2 Å². The lowest BCUT2D eigenvalue weighted by Crippen LogP contribution is -2.22. The number of amides is 1. The summed E-state index contributed by atoms with van der Waals surface area (Å²) < 4.78 is 2.60. The zero-order chi connectivity index (χ0) is 18.5. The van der Waals surface area contributed by atoms with Gasteiger partial charge in [-0.2, -0.15) is 0 Å². The van der Waals surface area contributed by atoms with Crippen LogP contribution in [0.3, 0.4) is 0 Å². The van der Waals surface area contributed by atoms with Crippen molar-refractivity contribution in [2.24, 2.45) is 10.7 Å². The van der Waals surface area contributed by atoms with Gasteiger partial charge in [-0.3, -0.25) is 19.0 Å². The zero-order valence-corrected chi connectivity index (χ0v) is 14.6. The minimum absolute atomic E-state index is 0.133. The highest BCUT2D eigenvalue weighted by molar-refractivity contribution is 7.10. The van der Waals surface area contributed by atoms with Gasteiger partial charge in [-0.05, 0) is 35.8 Å². The molecule has 1 amide bonds. The van der Waals surface area contributed by atoms with Crippen LogP contribution in [0.25, 0.3) is 0 Å². The summed E-state index contributed by atoms with van der Waals surface area (Å²) in [5, 5.41) is 6.30. The number of hydrogen-bond donors (Lipinski definition) is 4. The second-order valence-corrected chi connectivity index (χ2v) is 6.04. The molecule has 0 unspecified atom stereocenters. The lowest BCUT2D eigenvalue weighted by Gasteiger charge is -2.07. The molecular weight excluding hydrogens is 352 g/mol. The van der Waals surface area contributed by atoms with Crippen LogP contribution in [0.1, 0.15) is 15.9 Å². The Kier molecular flexibility index (Phi) is 5.09. The van der Waals surface area contributed by atoms with Gasteiger partial charge in [0.25, 0.3) is 11.5 Å². The number of nitrogens with one attached hydrogen (secondary N) is 3. The molecule has 0 spiro atoms. The van der Waals surface area contributed by atoms with E-state index in [1.54, 1.807) is 24.3 Å². The summed E-state index contributed by atoms with van der Waals surface area (Å²) in [7, 11) is 1.51. The summed E-state index contributed by atoms with van der Waals surface area (Å²) in [4.78, 5) is 32.1. The maximum Gasteiger partial charge on any atom is 0.271 e. The molecule has 26 heavy (non-hydrogen) atoms. The Labute approximate surface area is 153 Å². The van der Waals surface area contributed by atoms with Crippen molar-refractivity contribution in [3.63, 3.8) is 0 Å². The van der Waals surface area contributed by atoms with Crippen molar-refractivity contribution in [2.45, 2.75) is 0 Å². The number of amidine groups is 1. The number of aliphatic imine (C=N–C) groups is 1. The molecule has 1 aromatic carbocycles. The molecule has 0 fully saturated rings. The maximum atomic E-state index is 12.2. The Balaban J connectivity index is 1.75. The first kappa shape index (κ1) is 17.4. The average molecular weight is 368 g/mol. The van der Waals surface area contributed by atoms with Crippen molar-refractivity contribution < 1.29 is 4.79 Å². The monoisotopic (exact) mass is 368 g/mol. The second-order valence-electron chi connectivity index (χ2n) is 5.22. The summed E-state index contributed by atoms with van der Waals surface area (Å²) in [6, 6.07) is 12.4. The van der Waals surface area contributed by atoms with E-state index in [2.05, 4.69) is 25.0 Å². The van der Waals surface area contributed by atoms with E-state index in [4.69, 9.17) is 5.73 Å². The SMILES string of the molecule is CN=C(N)c1c(Nc2ccc(C(=O)Nc3ccccc3)cn2)s[nH]c1=O. The number of carbonyl (C=O) groups excluding carboxylic acids is 1. The number of nitrogens with two attached hydrogens (primary N) is 1. The first-order chi connectivity index (χ1) is 12.6. The number of pyridine rings is 1. The number of para-hydroxylation sites is 1. The van der Waals surface area contributed by atoms with Gasteiger partial charge in [0.05, 0.1) is 5.56 Å². The molecule has 0 aliphatic rings. The summed E-state index contributed by atoms with van der Waals surface area (Å²) in [6.07, 6.45) is 1.45.